The van der Waals surface area contributed by atoms with Crippen molar-refractivity contribution < 1.29 is 17.9 Å². The average Bonchev–Trinajstić information content (AvgIpc) is 3.61. The molecule has 5 rings (SSSR count). The minimum absolute atomic E-state index is 0.0597. The van der Waals surface area contributed by atoms with E-state index < -0.39 is 10.0 Å². The van der Waals surface area contributed by atoms with Crippen LogP contribution in [0.5, 0.6) is 0 Å². The number of thiazole rings is 1. The summed E-state index contributed by atoms with van der Waals surface area (Å²) in [5.41, 5.74) is 3.23. The van der Waals surface area contributed by atoms with Crippen LogP contribution in [-0.4, -0.2) is 81.0 Å². The number of hydrogen-bond acceptors (Lipinski definition) is 8. The van der Waals surface area contributed by atoms with Gasteiger partial charge < -0.3 is 4.74 Å². The first-order valence-electron chi connectivity index (χ1n) is 12.9. The third-order valence-electron chi connectivity index (χ3n) is 7.28. The van der Waals surface area contributed by atoms with Crippen molar-refractivity contribution in [3.05, 3.63) is 40.8 Å². The van der Waals surface area contributed by atoms with Crippen LogP contribution < -0.4 is 4.90 Å². The summed E-state index contributed by atoms with van der Waals surface area (Å²) in [5.74, 6) is -0.156. The summed E-state index contributed by atoms with van der Waals surface area (Å²) in [5, 5.41) is 2.52. The summed E-state index contributed by atoms with van der Waals surface area (Å²) in [6, 6.07) is 7.58. The van der Waals surface area contributed by atoms with E-state index in [2.05, 4.69) is 30.9 Å². The largest absolute Gasteiger partial charge is 0.379 e. The maximum absolute atomic E-state index is 13.9. The third-order valence-corrected chi connectivity index (χ3v) is 11.8. The van der Waals surface area contributed by atoms with Crippen molar-refractivity contribution in [2.45, 2.75) is 37.3 Å². The molecule has 0 saturated carbocycles. The zero-order chi connectivity index (χ0) is 26.0. The highest BCUT2D eigenvalue weighted by Gasteiger charge is 2.35. The molecule has 0 unspecified atom stereocenters. The topological polar surface area (TPSA) is 83.0 Å². The van der Waals surface area contributed by atoms with E-state index in [1.165, 1.54) is 15.6 Å². The zero-order valence-corrected chi connectivity index (χ0v) is 23.8. The predicted molar refractivity (Wildman–Crippen MR) is 149 cm³/mol. The lowest BCUT2D eigenvalue weighted by Crippen LogP contribution is -2.45. The van der Waals surface area contributed by atoms with Crippen molar-refractivity contribution in [2.75, 3.05) is 57.4 Å². The van der Waals surface area contributed by atoms with Gasteiger partial charge >= 0.3 is 0 Å². The molecule has 0 spiro atoms. The Labute approximate surface area is 226 Å². The van der Waals surface area contributed by atoms with Crippen molar-refractivity contribution in [3.8, 4) is 0 Å². The van der Waals surface area contributed by atoms with Gasteiger partial charge in [0.25, 0.3) is 10.0 Å². The average molecular weight is 563 g/mol. The second-order valence-corrected chi connectivity index (χ2v) is 13.9. The molecule has 2 saturated heterocycles. The second-order valence-electron chi connectivity index (χ2n) is 9.78. The number of carbonyl (C=O) groups is 1. The number of aryl methyl sites for hydroxylation is 2. The molecule has 200 valence electrons. The van der Waals surface area contributed by atoms with Gasteiger partial charge in [0.05, 0.1) is 23.4 Å². The minimum atomic E-state index is -3.49. The molecule has 1 amide bonds. The third kappa shape index (κ3) is 5.76. The maximum atomic E-state index is 13.9. The molecule has 0 aliphatic carbocycles. The van der Waals surface area contributed by atoms with Crippen LogP contribution >= 0.6 is 22.7 Å². The molecule has 2 aliphatic heterocycles. The summed E-state index contributed by atoms with van der Waals surface area (Å²) in [7, 11) is -3.49. The van der Waals surface area contributed by atoms with Crippen molar-refractivity contribution in [2.24, 2.45) is 5.92 Å². The number of anilines is 1. The number of amides is 1. The van der Waals surface area contributed by atoms with Crippen LogP contribution in [0.3, 0.4) is 0 Å². The van der Waals surface area contributed by atoms with Gasteiger partial charge in [0.2, 0.25) is 5.91 Å². The molecule has 2 fully saturated rings. The highest BCUT2D eigenvalue weighted by atomic mass is 32.2. The molecular formula is C26H34N4O4S3. The fourth-order valence-corrected chi connectivity index (χ4v) is 8.80. The zero-order valence-electron chi connectivity index (χ0n) is 21.4. The Morgan fingerprint density at radius 1 is 1.11 bits per heavy atom. The normalized spacial score (nSPS) is 18.4. The minimum Gasteiger partial charge on any atom is -0.379 e. The van der Waals surface area contributed by atoms with E-state index in [0.717, 1.165) is 65.7 Å². The number of sulfonamides is 1. The number of rotatable bonds is 8. The Morgan fingerprint density at radius 2 is 1.84 bits per heavy atom. The van der Waals surface area contributed by atoms with E-state index in [-0.39, 0.29) is 11.8 Å². The first-order valence-corrected chi connectivity index (χ1v) is 16.0. The number of carbonyl (C=O) groups excluding carboxylic acids is 1. The van der Waals surface area contributed by atoms with Gasteiger partial charge in [-0.3, -0.25) is 14.6 Å². The summed E-state index contributed by atoms with van der Waals surface area (Å²) in [4.78, 5) is 23.1. The summed E-state index contributed by atoms with van der Waals surface area (Å²) >= 11 is 2.82. The van der Waals surface area contributed by atoms with E-state index in [1.54, 1.807) is 28.8 Å². The number of aromatic nitrogens is 1. The maximum Gasteiger partial charge on any atom is 0.252 e. The predicted octanol–water partition coefficient (Wildman–Crippen LogP) is 4.13. The Balaban J connectivity index is 1.32. The lowest BCUT2D eigenvalue weighted by atomic mass is 9.96. The van der Waals surface area contributed by atoms with Gasteiger partial charge in [0, 0.05) is 45.2 Å². The van der Waals surface area contributed by atoms with Crippen molar-refractivity contribution >= 4 is 54.0 Å². The summed E-state index contributed by atoms with van der Waals surface area (Å²) in [6.07, 6.45) is 1.89. The molecule has 0 radical (unpaired) electrons. The van der Waals surface area contributed by atoms with Gasteiger partial charge in [0.1, 0.15) is 4.21 Å². The Hall–Kier alpha value is -1.89. The van der Waals surface area contributed by atoms with Crippen LogP contribution in [0, 0.1) is 19.8 Å². The number of piperidine rings is 1. The SMILES string of the molecule is Cc1ccc(C)c2sc(N(CCCN3CCOCC3)C(=O)C3CCN(S(=O)(=O)c4cccs4)CC3)nc12. The van der Waals surface area contributed by atoms with Crippen LogP contribution in [0.2, 0.25) is 0 Å². The van der Waals surface area contributed by atoms with Crippen LogP contribution in [0.4, 0.5) is 5.13 Å². The molecule has 2 aliphatic rings. The number of benzene rings is 1. The Morgan fingerprint density at radius 3 is 2.51 bits per heavy atom. The van der Waals surface area contributed by atoms with Gasteiger partial charge in [0.15, 0.2) is 5.13 Å². The number of fused-ring (bicyclic) bond motifs is 1. The number of morpholine rings is 1. The van der Waals surface area contributed by atoms with Gasteiger partial charge in [-0.1, -0.05) is 29.5 Å². The van der Waals surface area contributed by atoms with Crippen LogP contribution in [0.15, 0.2) is 33.9 Å². The Kier molecular flexibility index (Phi) is 8.28. The molecule has 0 atom stereocenters. The van der Waals surface area contributed by atoms with Gasteiger partial charge in [-0.2, -0.15) is 4.31 Å². The first-order chi connectivity index (χ1) is 17.8. The van der Waals surface area contributed by atoms with Crippen molar-refractivity contribution in [3.63, 3.8) is 0 Å². The lowest BCUT2D eigenvalue weighted by molar-refractivity contribution is -0.123. The number of thiophene rings is 1. The highest BCUT2D eigenvalue weighted by Crippen LogP contribution is 2.35. The molecule has 1 aromatic carbocycles. The van der Waals surface area contributed by atoms with E-state index in [9.17, 15) is 13.2 Å². The smallest absolute Gasteiger partial charge is 0.252 e. The van der Waals surface area contributed by atoms with Crippen LogP contribution in [0.25, 0.3) is 10.2 Å². The quantitative estimate of drug-likeness (QED) is 0.411. The first kappa shape index (κ1) is 26.7. The molecule has 37 heavy (non-hydrogen) atoms. The van der Waals surface area contributed by atoms with E-state index >= 15 is 0 Å². The number of hydrogen-bond donors (Lipinski definition) is 0. The lowest BCUT2D eigenvalue weighted by Gasteiger charge is -2.33. The van der Waals surface area contributed by atoms with E-state index in [1.807, 2.05) is 4.90 Å². The Bertz CT molecular complexity index is 1290. The molecule has 0 bridgehead atoms. The molecule has 0 N–H and O–H groups in total. The van der Waals surface area contributed by atoms with E-state index in [0.29, 0.717) is 36.7 Å². The molecule has 8 nitrogen and oxygen atoms in total. The van der Waals surface area contributed by atoms with E-state index in [4.69, 9.17) is 9.72 Å². The second kappa shape index (κ2) is 11.5. The van der Waals surface area contributed by atoms with Crippen LogP contribution in [-0.2, 0) is 19.6 Å². The molecule has 2 aromatic heterocycles. The summed E-state index contributed by atoms with van der Waals surface area (Å²) < 4.78 is 34.4. The number of ether oxygens (including phenoxy) is 1. The molecule has 11 heteroatoms. The molecular weight excluding hydrogens is 529 g/mol. The van der Waals surface area contributed by atoms with Crippen molar-refractivity contribution in [1.29, 1.82) is 0 Å². The van der Waals surface area contributed by atoms with Gasteiger partial charge in [-0.05, 0) is 55.7 Å². The fraction of sp³-hybridized carbons (Fsp3) is 0.538. The molecule has 3 aromatic rings. The van der Waals surface area contributed by atoms with Gasteiger partial charge in [-0.15, -0.1) is 11.3 Å². The van der Waals surface area contributed by atoms with Crippen molar-refractivity contribution in [1.82, 2.24) is 14.2 Å². The monoisotopic (exact) mass is 562 g/mol. The van der Waals surface area contributed by atoms with Crippen LogP contribution in [0.1, 0.15) is 30.4 Å². The fourth-order valence-electron chi connectivity index (χ4n) is 5.04. The van der Waals surface area contributed by atoms with Gasteiger partial charge in [-0.25, -0.2) is 13.4 Å². The highest BCUT2D eigenvalue weighted by molar-refractivity contribution is 7.91. The standard InChI is InChI=1S/C26H34N4O4S3/c1-19-6-7-20(2)24-23(19)27-26(36-24)30(11-4-10-28-14-16-34-17-15-28)25(31)21-8-12-29(13-9-21)37(32,33)22-5-3-18-35-22/h3,5-7,18,21H,4,8-17H2,1-2H3. The number of nitrogens with zero attached hydrogens (tertiary/aromatic N) is 4. The summed E-state index contributed by atoms with van der Waals surface area (Å²) in [6.45, 7) is 9.72. The molecule has 4 heterocycles.